The molecule has 1 aliphatic carbocycles. The van der Waals surface area contributed by atoms with E-state index in [1.54, 1.807) is 4.90 Å². The molecule has 1 amide bonds. The Bertz CT molecular complexity index is 283. The molecule has 1 saturated heterocycles. The number of hydrogen-bond acceptors (Lipinski definition) is 3. The quantitative estimate of drug-likeness (QED) is 0.695. The molecule has 2 aliphatic rings. The minimum atomic E-state index is -0.912. The zero-order chi connectivity index (χ0) is 11.5. The van der Waals surface area contributed by atoms with E-state index in [-0.39, 0.29) is 18.5 Å². The first kappa shape index (κ1) is 11.4. The molecule has 2 N–H and O–H groups in total. The van der Waals surface area contributed by atoms with Gasteiger partial charge in [-0.05, 0) is 38.3 Å². The van der Waals surface area contributed by atoms with Crippen molar-refractivity contribution in [3.05, 3.63) is 0 Å². The van der Waals surface area contributed by atoms with Gasteiger partial charge in [0.25, 0.3) is 0 Å². The Labute approximate surface area is 94.8 Å². The minimum absolute atomic E-state index is 0.0126. The summed E-state index contributed by atoms with van der Waals surface area (Å²) in [5, 5.41) is 12.0. The Kier molecular flexibility index (Phi) is 3.43. The summed E-state index contributed by atoms with van der Waals surface area (Å²) in [7, 11) is 0. The van der Waals surface area contributed by atoms with Crippen LogP contribution >= 0.6 is 0 Å². The predicted octanol–water partition coefficient (Wildman–Crippen LogP) is 0.0616. The largest absolute Gasteiger partial charge is 0.480 e. The SMILES string of the molecule is O=C(O)CN(C(=O)CC1CCNC1)C1CC1. The number of carbonyl (C=O) groups excluding carboxylic acids is 1. The Balaban J connectivity index is 1.85. The third-order valence-corrected chi connectivity index (χ3v) is 3.24. The molecule has 1 aliphatic heterocycles. The van der Waals surface area contributed by atoms with E-state index >= 15 is 0 Å². The highest BCUT2D eigenvalue weighted by Crippen LogP contribution is 2.28. The maximum absolute atomic E-state index is 12.0. The van der Waals surface area contributed by atoms with Crippen molar-refractivity contribution in [1.82, 2.24) is 10.2 Å². The van der Waals surface area contributed by atoms with Gasteiger partial charge in [0, 0.05) is 12.5 Å². The highest BCUT2D eigenvalue weighted by molar-refractivity contribution is 5.82. The molecule has 0 aromatic heterocycles. The number of amides is 1. The molecule has 0 aromatic carbocycles. The molecule has 1 unspecified atom stereocenters. The number of aliphatic carboxylic acids is 1. The summed E-state index contributed by atoms with van der Waals surface area (Å²) in [5.74, 6) is -0.508. The van der Waals surface area contributed by atoms with Crippen LogP contribution in [0.3, 0.4) is 0 Å². The maximum atomic E-state index is 12.0. The monoisotopic (exact) mass is 226 g/mol. The molecule has 0 radical (unpaired) electrons. The molecular formula is C11H18N2O3. The molecule has 16 heavy (non-hydrogen) atoms. The first-order valence-corrected chi connectivity index (χ1v) is 5.89. The zero-order valence-corrected chi connectivity index (χ0v) is 9.32. The summed E-state index contributed by atoms with van der Waals surface area (Å²) in [6.45, 7) is 1.72. The van der Waals surface area contributed by atoms with Gasteiger partial charge in [-0.15, -0.1) is 0 Å². The highest BCUT2D eigenvalue weighted by Gasteiger charge is 2.34. The van der Waals surface area contributed by atoms with Gasteiger partial charge in [-0.1, -0.05) is 0 Å². The van der Waals surface area contributed by atoms with Crippen molar-refractivity contribution in [2.24, 2.45) is 5.92 Å². The van der Waals surface area contributed by atoms with E-state index in [1.165, 1.54) is 0 Å². The predicted molar refractivity (Wildman–Crippen MR) is 58.0 cm³/mol. The van der Waals surface area contributed by atoms with Crippen LogP contribution in [0.1, 0.15) is 25.7 Å². The first-order chi connectivity index (χ1) is 7.66. The summed E-state index contributed by atoms with van der Waals surface area (Å²) in [4.78, 5) is 24.2. The van der Waals surface area contributed by atoms with Crippen LogP contribution in [0.15, 0.2) is 0 Å². The number of carboxylic acids is 1. The topological polar surface area (TPSA) is 69.6 Å². The van der Waals surface area contributed by atoms with Crippen LogP contribution in [-0.2, 0) is 9.59 Å². The lowest BCUT2D eigenvalue weighted by Gasteiger charge is -2.21. The van der Waals surface area contributed by atoms with Crippen molar-refractivity contribution < 1.29 is 14.7 Å². The second kappa shape index (κ2) is 4.82. The van der Waals surface area contributed by atoms with Gasteiger partial charge in [-0.2, -0.15) is 0 Å². The summed E-state index contributed by atoms with van der Waals surface area (Å²) in [6, 6.07) is 0.193. The Morgan fingerprint density at radius 1 is 1.31 bits per heavy atom. The maximum Gasteiger partial charge on any atom is 0.323 e. The van der Waals surface area contributed by atoms with Crippen LogP contribution in [0.5, 0.6) is 0 Å². The second-order valence-electron chi connectivity index (χ2n) is 4.71. The molecule has 5 heteroatoms. The molecule has 1 saturated carbocycles. The fraction of sp³-hybridized carbons (Fsp3) is 0.818. The number of hydrogen-bond donors (Lipinski definition) is 2. The Morgan fingerprint density at radius 2 is 2.06 bits per heavy atom. The molecule has 90 valence electrons. The van der Waals surface area contributed by atoms with Crippen molar-refractivity contribution in [1.29, 1.82) is 0 Å². The van der Waals surface area contributed by atoms with Gasteiger partial charge in [0.2, 0.25) is 5.91 Å². The van der Waals surface area contributed by atoms with Gasteiger partial charge < -0.3 is 15.3 Å². The number of nitrogens with zero attached hydrogens (tertiary/aromatic N) is 1. The van der Waals surface area contributed by atoms with Crippen molar-refractivity contribution >= 4 is 11.9 Å². The van der Waals surface area contributed by atoms with Crippen LogP contribution in [0.25, 0.3) is 0 Å². The lowest BCUT2D eigenvalue weighted by Crippen LogP contribution is -2.38. The first-order valence-electron chi connectivity index (χ1n) is 5.89. The average Bonchev–Trinajstić information content (AvgIpc) is 2.94. The summed E-state index contributed by atoms with van der Waals surface area (Å²) < 4.78 is 0. The number of nitrogens with one attached hydrogen (secondary N) is 1. The molecule has 0 aromatic rings. The van der Waals surface area contributed by atoms with Crippen LogP contribution in [0.4, 0.5) is 0 Å². The average molecular weight is 226 g/mol. The number of carboxylic acid groups (broad SMARTS) is 1. The standard InChI is InChI=1S/C11H18N2O3/c14-10(5-8-3-4-12-6-8)13(7-11(15)16)9-1-2-9/h8-9,12H,1-7H2,(H,15,16). The molecule has 0 bridgehead atoms. The summed E-state index contributed by atoms with van der Waals surface area (Å²) >= 11 is 0. The van der Waals surface area contributed by atoms with Gasteiger partial charge in [0.15, 0.2) is 0 Å². The normalized spacial score (nSPS) is 24.4. The Hall–Kier alpha value is -1.10. The van der Waals surface area contributed by atoms with E-state index in [1.807, 2.05) is 0 Å². The van der Waals surface area contributed by atoms with Crippen LogP contribution in [0, 0.1) is 5.92 Å². The van der Waals surface area contributed by atoms with E-state index in [4.69, 9.17) is 5.11 Å². The van der Waals surface area contributed by atoms with E-state index in [0.29, 0.717) is 12.3 Å². The van der Waals surface area contributed by atoms with Crippen LogP contribution in [-0.4, -0.2) is 47.6 Å². The van der Waals surface area contributed by atoms with Crippen molar-refractivity contribution in [2.45, 2.75) is 31.7 Å². The van der Waals surface area contributed by atoms with E-state index in [9.17, 15) is 9.59 Å². The summed E-state index contributed by atoms with van der Waals surface area (Å²) in [6.07, 6.45) is 3.44. The van der Waals surface area contributed by atoms with Crippen molar-refractivity contribution in [3.8, 4) is 0 Å². The van der Waals surface area contributed by atoms with Crippen LogP contribution < -0.4 is 5.32 Å². The lowest BCUT2D eigenvalue weighted by atomic mass is 10.0. The molecule has 1 atom stereocenters. The fourth-order valence-corrected chi connectivity index (χ4v) is 2.21. The smallest absolute Gasteiger partial charge is 0.323 e. The highest BCUT2D eigenvalue weighted by atomic mass is 16.4. The minimum Gasteiger partial charge on any atom is -0.480 e. The van der Waals surface area contributed by atoms with Crippen LogP contribution in [0.2, 0.25) is 0 Å². The third-order valence-electron chi connectivity index (χ3n) is 3.24. The van der Waals surface area contributed by atoms with Gasteiger partial charge >= 0.3 is 5.97 Å². The fourth-order valence-electron chi connectivity index (χ4n) is 2.21. The van der Waals surface area contributed by atoms with E-state index in [0.717, 1.165) is 32.4 Å². The third kappa shape index (κ3) is 2.95. The van der Waals surface area contributed by atoms with Gasteiger partial charge in [0.05, 0.1) is 0 Å². The van der Waals surface area contributed by atoms with Gasteiger partial charge in [-0.25, -0.2) is 0 Å². The van der Waals surface area contributed by atoms with Crippen molar-refractivity contribution in [3.63, 3.8) is 0 Å². The molecule has 0 spiro atoms. The second-order valence-corrected chi connectivity index (χ2v) is 4.71. The van der Waals surface area contributed by atoms with E-state index < -0.39 is 5.97 Å². The summed E-state index contributed by atoms with van der Waals surface area (Å²) in [5.41, 5.74) is 0. The van der Waals surface area contributed by atoms with Gasteiger partial charge in [-0.3, -0.25) is 9.59 Å². The number of carbonyl (C=O) groups is 2. The molecule has 2 fully saturated rings. The van der Waals surface area contributed by atoms with Crippen molar-refractivity contribution in [2.75, 3.05) is 19.6 Å². The number of rotatable bonds is 5. The molecule has 5 nitrogen and oxygen atoms in total. The van der Waals surface area contributed by atoms with E-state index in [2.05, 4.69) is 5.32 Å². The zero-order valence-electron chi connectivity index (χ0n) is 9.32. The Morgan fingerprint density at radius 3 is 2.56 bits per heavy atom. The molecular weight excluding hydrogens is 208 g/mol. The van der Waals surface area contributed by atoms with Gasteiger partial charge in [0.1, 0.15) is 6.54 Å². The molecule has 2 rings (SSSR count). The lowest BCUT2D eigenvalue weighted by molar-refractivity contribution is -0.145. The molecule has 1 heterocycles.